The summed E-state index contributed by atoms with van der Waals surface area (Å²) in [5, 5.41) is 6.23. The van der Waals surface area contributed by atoms with Crippen LogP contribution in [0.15, 0.2) is 42.0 Å². The van der Waals surface area contributed by atoms with Crippen molar-refractivity contribution in [3.63, 3.8) is 0 Å². The van der Waals surface area contributed by atoms with Gasteiger partial charge in [-0.25, -0.2) is 0 Å². The molecular formula is C16H20N4OS. The highest BCUT2D eigenvalue weighted by Crippen LogP contribution is 2.11. The van der Waals surface area contributed by atoms with Gasteiger partial charge in [0.2, 0.25) is 5.91 Å². The summed E-state index contributed by atoms with van der Waals surface area (Å²) in [6.45, 7) is 5.34. The van der Waals surface area contributed by atoms with Gasteiger partial charge in [-0.15, -0.1) is 11.3 Å². The molecule has 0 unspecified atom stereocenters. The van der Waals surface area contributed by atoms with E-state index in [1.54, 1.807) is 23.6 Å². The normalized spacial score (nSPS) is 16.5. The molecule has 0 saturated carbocycles. The first-order chi connectivity index (χ1) is 10.8. The summed E-state index contributed by atoms with van der Waals surface area (Å²) in [6, 6.07) is 5.95. The topological polar surface area (TPSA) is 41.4 Å². The van der Waals surface area contributed by atoms with Crippen molar-refractivity contribution >= 4 is 23.3 Å². The maximum atomic E-state index is 12.2. The monoisotopic (exact) mass is 316 g/mol. The molecule has 0 N–H and O–H groups in total. The van der Waals surface area contributed by atoms with Crippen molar-refractivity contribution in [1.29, 1.82) is 0 Å². The van der Waals surface area contributed by atoms with Gasteiger partial charge >= 0.3 is 0 Å². The van der Waals surface area contributed by atoms with E-state index in [0.717, 1.165) is 44.1 Å². The van der Waals surface area contributed by atoms with E-state index in [9.17, 15) is 4.79 Å². The third-order valence-corrected chi connectivity index (χ3v) is 4.66. The molecule has 0 bridgehead atoms. The third kappa shape index (κ3) is 4.05. The molecule has 1 aliphatic heterocycles. The predicted octanol–water partition coefficient (Wildman–Crippen LogP) is 1.80. The second-order valence-electron chi connectivity index (χ2n) is 5.28. The number of hydrogen-bond acceptors (Lipinski definition) is 4. The van der Waals surface area contributed by atoms with E-state index >= 15 is 0 Å². The van der Waals surface area contributed by atoms with Crippen LogP contribution in [0.3, 0.4) is 0 Å². The summed E-state index contributed by atoms with van der Waals surface area (Å²) in [5.74, 6) is 0.111. The van der Waals surface area contributed by atoms with Gasteiger partial charge in [0.1, 0.15) is 0 Å². The lowest BCUT2D eigenvalue weighted by Gasteiger charge is -2.34. The Morgan fingerprint density at radius 2 is 2.09 bits per heavy atom. The maximum absolute atomic E-state index is 12.2. The van der Waals surface area contributed by atoms with Gasteiger partial charge in [0.05, 0.1) is 6.54 Å². The zero-order valence-corrected chi connectivity index (χ0v) is 13.3. The molecule has 1 aliphatic rings. The summed E-state index contributed by atoms with van der Waals surface area (Å²) >= 11 is 1.64. The highest BCUT2D eigenvalue weighted by Gasteiger charge is 2.19. The number of piperazine rings is 1. The molecule has 22 heavy (non-hydrogen) atoms. The number of hydrogen-bond donors (Lipinski definition) is 0. The lowest BCUT2D eigenvalue weighted by atomic mass is 10.3. The van der Waals surface area contributed by atoms with Crippen LogP contribution >= 0.6 is 11.3 Å². The van der Waals surface area contributed by atoms with Gasteiger partial charge in [-0.05, 0) is 23.6 Å². The average Bonchev–Trinajstić information content (AvgIpc) is 3.24. The number of carbonyl (C=O) groups is 1. The standard InChI is InChI=1S/C16H20N4OS/c21-16(5-4-15-3-1-14-22-15)19-11-8-18(9-12-19)10-13-20-7-2-6-17-20/h1-7,14H,8-13H2/b5-4+. The number of carbonyl (C=O) groups excluding carboxylic acids is 1. The smallest absolute Gasteiger partial charge is 0.246 e. The highest BCUT2D eigenvalue weighted by molar-refractivity contribution is 7.10. The first-order valence-electron chi connectivity index (χ1n) is 7.51. The van der Waals surface area contributed by atoms with Crippen molar-refractivity contribution in [2.24, 2.45) is 0 Å². The van der Waals surface area contributed by atoms with Crippen LogP contribution in [-0.2, 0) is 11.3 Å². The Morgan fingerprint density at radius 1 is 1.23 bits per heavy atom. The SMILES string of the molecule is O=C(/C=C/c1cccs1)N1CCN(CCn2cccn2)CC1. The van der Waals surface area contributed by atoms with Gasteiger partial charge in [0.15, 0.2) is 0 Å². The summed E-state index contributed by atoms with van der Waals surface area (Å²) in [7, 11) is 0. The molecule has 116 valence electrons. The van der Waals surface area contributed by atoms with Crippen molar-refractivity contribution < 1.29 is 4.79 Å². The molecule has 3 rings (SSSR count). The van der Waals surface area contributed by atoms with Crippen molar-refractivity contribution in [2.75, 3.05) is 32.7 Å². The molecule has 0 aromatic carbocycles. The molecule has 0 spiro atoms. The molecule has 0 aliphatic carbocycles. The Morgan fingerprint density at radius 3 is 2.77 bits per heavy atom. The summed E-state index contributed by atoms with van der Waals surface area (Å²) < 4.78 is 1.95. The molecule has 0 radical (unpaired) electrons. The fourth-order valence-corrected chi connectivity index (χ4v) is 3.13. The van der Waals surface area contributed by atoms with E-state index in [2.05, 4.69) is 10.00 Å². The van der Waals surface area contributed by atoms with Crippen LogP contribution in [0.1, 0.15) is 4.88 Å². The van der Waals surface area contributed by atoms with Crippen molar-refractivity contribution in [3.8, 4) is 0 Å². The minimum Gasteiger partial charge on any atom is -0.337 e. The molecular weight excluding hydrogens is 296 g/mol. The molecule has 0 atom stereocenters. The van der Waals surface area contributed by atoms with Crippen LogP contribution in [0, 0.1) is 0 Å². The number of rotatable bonds is 5. The Kier molecular flexibility index (Phi) is 5.03. The minimum atomic E-state index is 0.111. The molecule has 1 saturated heterocycles. The van der Waals surface area contributed by atoms with Gasteiger partial charge in [-0.3, -0.25) is 14.4 Å². The van der Waals surface area contributed by atoms with Crippen molar-refractivity contribution in [2.45, 2.75) is 6.54 Å². The second-order valence-corrected chi connectivity index (χ2v) is 6.26. The minimum absolute atomic E-state index is 0.111. The molecule has 6 heteroatoms. The van der Waals surface area contributed by atoms with Gasteiger partial charge in [0.25, 0.3) is 0 Å². The van der Waals surface area contributed by atoms with E-state index in [-0.39, 0.29) is 5.91 Å². The lowest BCUT2D eigenvalue weighted by Crippen LogP contribution is -2.48. The Balaban J connectivity index is 1.42. The molecule has 1 amide bonds. The summed E-state index contributed by atoms with van der Waals surface area (Å²) in [4.78, 5) is 17.6. The number of thiophene rings is 1. The van der Waals surface area contributed by atoms with Crippen LogP contribution < -0.4 is 0 Å². The van der Waals surface area contributed by atoms with Crippen LogP contribution in [0.5, 0.6) is 0 Å². The van der Waals surface area contributed by atoms with Crippen LogP contribution in [0.2, 0.25) is 0 Å². The maximum Gasteiger partial charge on any atom is 0.246 e. The first kappa shape index (κ1) is 15.0. The first-order valence-corrected chi connectivity index (χ1v) is 8.39. The second kappa shape index (κ2) is 7.38. The van der Waals surface area contributed by atoms with Gasteiger partial charge < -0.3 is 4.90 Å². The van der Waals surface area contributed by atoms with Crippen LogP contribution in [-0.4, -0.2) is 58.2 Å². The Hall–Kier alpha value is -1.92. The van der Waals surface area contributed by atoms with Crippen molar-refractivity contribution in [1.82, 2.24) is 19.6 Å². The molecule has 1 fully saturated rings. The Labute approximate surface area is 134 Å². The lowest BCUT2D eigenvalue weighted by molar-refractivity contribution is -0.127. The number of aromatic nitrogens is 2. The van der Waals surface area contributed by atoms with E-state index in [1.807, 2.05) is 45.4 Å². The Bertz CT molecular complexity index is 598. The zero-order chi connectivity index (χ0) is 15.2. The summed E-state index contributed by atoms with van der Waals surface area (Å²) in [5.41, 5.74) is 0. The quantitative estimate of drug-likeness (QED) is 0.790. The van der Waals surface area contributed by atoms with Crippen LogP contribution in [0.4, 0.5) is 0 Å². The highest BCUT2D eigenvalue weighted by atomic mass is 32.1. The van der Waals surface area contributed by atoms with E-state index in [0.29, 0.717) is 0 Å². The van der Waals surface area contributed by atoms with Gasteiger partial charge in [0, 0.05) is 56.1 Å². The van der Waals surface area contributed by atoms with E-state index < -0.39 is 0 Å². The number of nitrogens with zero attached hydrogens (tertiary/aromatic N) is 4. The fraction of sp³-hybridized carbons (Fsp3) is 0.375. The average molecular weight is 316 g/mol. The van der Waals surface area contributed by atoms with Crippen molar-refractivity contribution in [3.05, 3.63) is 46.9 Å². The molecule has 2 aromatic heterocycles. The molecule has 2 aromatic rings. The predicted molar refractivity (Wildman–Crippen MR) is 88.6 cm³/mol. The van der Waals surface area contributed by atoms with E-state index in [4.69, 9.17) is 0 Å². The molecule has 3 heterocycles. The van der Waals surface area contributed by atoms with Gasteiger partial charge in [-0.2, -0.15) is 5.10 Å². The van der Waals surface area contributed by atoms with Crippen LogP contribution in [0.25, 0.3) is 6.08 Å². The van der Waals surface area contributed by atoms with Gasteiger partial charge in [-0.1, -0.05) is 6.07 Å². The number of amides is 1. The zero-order valence-electron chi connectivity index (χ0n) is 12.5. The largest absolute Gasteiger partial charge is 0.337 e. The fourth-order valence-electron chi connectivity index (χ4n) is 2.51. The molecule has 5 nitrogen and oxygen atoms in total. The third-order valence-electron chi connectivity index (χ3n) is 3.82. The van der Waals surface area contributed by atoms with E-state index in [1.165, 1.54) is 0 Å². The summed E-state index contributed by atoms with van der Waals surface area (Å²) in [6.07, 6.45) is 7.37.